The van der Waals surface area contributed by atoms with E-state index in [2.05, 4.69) is 29.3 Å². The van der Waals surface area contributed by atoms with Crippen LogP contribution in [0.4, 0.5) is 0 Å². The van der Waals surface area contributed by atoms with Crippen LogP contribution in [0.25, 0.3) is 11.6 Å². The largest absolute Gasteiger partial charge is 0.461 e. The van der Waals surface area contributed by atoms with Gasteiger partial charge in [0.05, 0.1) is 6.26 Å². The van der Waals surface area contributed by atoms with Crippen molar-refractivity contribution in [3.63, 3.8) is 0 Å². The van der Waals surface area contributed by atoms with Gasteiger partial charge in [0.2, 0.25) is 17.6 Å². The monoisotopic (exact) mass is 353 g/mol. The maximum absolute atomic E-state index is 12.4. The van der Waals surface area contributed by atoms with Crippen molar-refractivity contribution in [3.8, 4) is 11.6 Å². The number of nitrogens with one attached hydrogen (secondary N) is 1. The van der Waals surface area contributed by atoms with Crippen molar-refractivity contribution >= 4 is 5.91 Å². The fourth-order valence-corrected chi connectivity index (χ4v) is 2.70. The minimum absolute atomic E-state index is 0.0306. The molecule has 0 unspecified atom stereocenters. The molecule has 0 spiro atoms. The molecule has 3 aromatic rings. The summed E-state index contributed by atoms with van der Waals surface area (Å²) in [6.07, 6.45) is 3.54. The van der Waals surface area contributed by atoms with Crippen LogP contribution in [0.2, 0.25) is 0 Å². The zero-order valence-electron chi connectivity index (χ0n) is 15.0. The first-order chi connectivity index (χ1) is 12.7. The first kappa shape index (κ1) is 17.9. The Kier molecular flexibility index (Phi) is 5.84. The van der Waals surface area contributed by atoms with Crippen molar-refractivity contribution < 1.29 is 13.7 Å². The highest BCUT2D eigenvalue weighted by Gasteiger charge is 2.26. The van der Waals surface area contributed by atoms with Crippen LogP contribution in [-0.2, 0) is 11.2 Å². The fraction of sp³-hybridized carbons (Fsp3) is 0.350. The molecule has 136 valence electrons. The van der Waals surface area contributed by atoms with E-state index < -0.39 is 0 Å². The summed E-state index contributed by atoms with van der Waals surface area (Å²) in [5.41, 5.74) is 1.14. The highest BCUT2D eigenvalue weighted by atomic mass is 16.5. The third kappa shape index (κ3) is 4.39. The number of hydrogen-bond donors (Lipinski definition) is 1. The lowest BCUT2D eigenvalue weighted by molar-refractivity contribution is -0.122. The van der Waals surface area contributed by atoms with Gasteiger partial charge in [0.25, 0.3) is 0 Å². The van der Waals surface area contributed by atoms with Gasteiger partial charge in [-0.1, -0.05) is 55.8 Å². The average Bonchev–Trinajstić information content (AvgIpc) is 3.36. The second-order valence-corrected chi connectivity index (χ2v) is 6.35. The summed E-state index contributed by atoms with van der Waals surface area (Å²) >= 11 is 0. The summed E-state index contributed by atoms with van der Waals surface area (Å²) in [5.74, 6) is 1.46. The zero-order valence-corrected chi connectivity index (χ0v) is 15.0. The molecule has 0 aliphatic heterocycles. The van der Waals surface area contributed by atoms with Gasteiger partial charge in [0.15, 0.2) is 5.76 Å². The first-order valence-corrected chi connectivity index (χ1v) is 8.88. The quantitative estimate of drug-likeness (QED) is 0.657. The number of carbonyl (C=O) groups excluding carboxylic acids is 1. The molecular weight excluding hydrogens is 330 g/mol. The van der Waals surface area contributed by atoms with Gasteiger partial charge in [-0.25, -0.2) is 0 Å². The van der Waals surface area contributed by atoms with Crippen LogP contribution in [0, 0.1) is 5.92 Å². The van der Waals surface area contributed by atoms with Crippen LogP contribution in [0.3, 0.4) is 0 Å². The lowest BCUT2D eigenvalue weighted by atomic mass is 9.98. The van der Waals surface area contributed by atoms with E-state index in [1.807, 2.05) is 30.3 Å². The lowest BCUT2D eigenvalue weighted by Crippen LogP contribution is -2.32. The predicted octanol–water partition coefficient (Wildman–Crippen LogP) is 4.17. The lowest BCUT2D eigenvalue weighted by Gasteiger charge is -2.20. The van der Waals surface area contributed by atoms with Crippen LogP contribution >= 0.6 is 0 Å². The Labute approximate surface area is 152 Å². The minimum atomic E-state index is -0.320. The zero-order chi connectivity index (χ0) is 18.4. The molecule has 6 nitrogen and oxygen atoms in total. The number of amides is 1. The topological polar surface area (TPSA) is 81.2 Å². The summed E-state index contributed by atoms with van der Waals surface area (Å²) < 4.78 is 10.7. The van der Waals surface area contributed by atoms with Gasteiger partial charge in [0.1, 0.15) is 6.04 Å². The Morgan fingerprint density at radius 2 is 2.00 bits per heavy atom. The maximum Gasteiger partial charge on any atom is 0.249 e. The molecule has 2 atom stereocenters. The normalized spacial score (nSPS) is 13.3. The van der Waals surface area contributed by atoms with Gasteiger partial charge in [-0.05, 0) is 30.0 Å². The first-order valence-electron chi connectivity index (χ1n) is 8.88. The molecule has 26 heavy (non-hydrogen) atoms. The summed E-state index contributed by atoms with van der Waals surface area (Å²) in [6.45, 7) is 4.12. The Morgan fingerprint density at radius 3 is 2.69 bits per heavy atom. The second kappa shape index (κ2) is 8.47. The highest BCUT2D eigenvalue weighted by molar-refractivity contribution is 5.76. The smallest absolute Gasteiger partial charge is 0.249 e. The summed E-state index contributed by atoms with van der Waals surface area (Å²) in [6, 6.07) is 13.2. The van der Waals surface area contributed by atoms with E-state index in [0.29, 0.717) is 30.3 Å². The standard InChI is InChI=1S/C20H23N3O3/c1-3-14(2)18(20-22-19(23-26-20)16-10-7-13-25-16)21-17(24)12-11-15-8-5-4-6-9-15/h4-10,13-14,18H,3,11-12H2,1-2H3,(H,21,24)/t14-,18+/m0/s1. The van der Waals surface area contributed by atoms with Crippen LogP contribution in [-0.4, -0.2) is 16.0 Å². The van der Waals surface area contributed by atoms with Crippen molar-refractivity contribution in [2.45, 2.75) is 39.2 Å². The maximum atomic E-state index is 12.4. The number of rotatable bonds is 8. The van der Waals surface area contributed by atoms with E-state index >= 15 is 0 Å². The number of furan rings is 1. The third-order valence-corrected chi connectivity index (χ3v) is 4.46. The molecule has 2 heterocycles. The SMILES string of the molecule is CC[C@H](C)[C@@H](NC(=O)CCc1ccccc1)c1nc(-c2ccco2)no1. The van der Waals surface area contributed by atoms with Crippen LogP contribution in [0.5, 0.6) is 0 Å². The van der Waals surface area contributed by atoms with Crippen LogP contribution in [0.1, 0.15) is 44.2 Å². The molecule has 1 amide bonds. The molecular formula is C20H23N3O3. The Hall–Kier alpha value is -2.89. The molecule has 3 rings (SSSR count). The van der Waals surface area contributed by atoms with E-state index in [-0.39, 0.29) is 17.9 Å². The highest BCUT2D eigenvalue weighted by Crippen LogP contribution is 2.26. The van der Waals surface area contributed by atoms with Crippen molar-refractivity contribution in [1.82, 2.24) is 15.5 Å². The van der Waals surface area contributed by atoms with Crippen molar-refractivity contribution in [3.05, 3.63) is 60.2 Å². The van der Waals surface area contributed by atoms with Gasteiger partial charge < -0.3 is 14.3 Å². The van der Waals surface area contributed by atoms with E-state index in [1.165, 1.54) is 0 Å². The number of aromatic nitrogens is 2. The number of carbonyl (C=O) groups is 1. The number of hydrogen-bond acceptors (Lipinski definition) is 5. The molecule has 1 N–H and O–H groups in total. The average molecular weight is 353 g/mol. The van der Waals surface area contributed by atoms with Crippen molar-refractivity contribution in [1.29, 1.82) is 0 Å². The Morgan fingerprint density at radius 1 is 1.19 bits per heavy atom. The van der Waals surface area contributed by atoms with Crippen LogP contribution in [0.15, 0.2) is 57.7 Å². The Balaban J connectivity index is 1.67. The van der Waals surface area contributed by atoms with Crippen molar-refractivity contribution in [2.24, 2.45) is 5.92 Å². The summed E-state index contributed by atoms with van der Waals surface area (Å²) in [5, 5.41) is 7.01. The summed E-state index contributed by atoms with van der Waals surface area (Å²) in [4.78, 5) is 16.8. The second-order valence-electron chi connectivity index (χ2n) is 6.35. The van der Waals surface area contributed by atoms with Gasteiger partial charge >= 0.3 is 0 Å². The number of benzene rings is 1. The van der Waals surface area contributed by atoms with Gasteiger partial charge in [-0.2, -0.15) is 4.98 Å². The minimum Gasteiger partial charge on any atom is -0.461 e. The summed E-state index contributed by atoms with van der Waals surface area (Å²) in [7, 11) is 0. The van der Waals surface area contributed by atoms with Gasteiger partial charge in [-0.15, -0.1) is 0 Å². The number of nitrogens with zero attached hydrogens (tertiary/aromatic N) is 2. The molecule has 6 heteroatoms. The van der Waals surface area contributed by atoms with Crippen LogP contribution < -0.4 is 5.32 Å². The van der Waals surface area contributed by atoms with E-state index in [1.54, 1.807) is 18.4 Å². The van der Waals surface area contributed by atoms with Gasteiger partial charge in [-0.3, -0.25) is 4.79 Å². The molecule has 1 aromatic carbocycles. The van der Waals surface area contributed by atoms with E-state index in [0.717, 1.165) is 12.0 Å². The molecule has 2 aromatic heterocycles. The van der Waals surface area contributed by atoms with E-state index in [9.17, 15) is 4.79 Å². The molecule has 0 aliphatic carbocycles. The molecule has 0 saturated carbocycles. The third-order valence-electron chi connectivity index (χ3n) is 4.46. The van der Waals surface area contributed by atoms with E-state index in [4.69, 9.17) is 8.94 Å². The van der Waals surface area contributed by atoms with Gasteiger partial charge in [0, 0.05) is 6.42 Å². The number of aryl methyl sites for hydroxylation is 1. The molecule has 0 bridgehead atoms. The molecule has 0 fully saturated rings. The molecule has 0 aliphatic rings. The fourth-order valence-electron chi connectivity index (χ4n) is 2.70. The predicted molar refractivity (Wildman–Crippen MR) is 97.1 cm³/mol. The molecule has 0 radical (unpaired) electrons. The van der Waals surface area contributed by atoms with Crippen molar-refractivity contribution in [2.75, 3.05) is 0 Å². The molecule has 0 saturated heterocycles. The Bertz CT molecular complexity index is 812.